The van der Waals surface area contributed by atoms with Crippen LogP contribution < -0.4 is 5.32 Å². The monoisotopic (exact) mass is 243 g/mol. The van der Waals surface area contributed by atoms with Crippen molar-refractivity contribution in [1.29, 1.82) is 0 Å². The molecule has 0 saturated carbocycles. The van der Waals surface area contributed by atoms with Crippen LogP contribution in [0.4, 0.5) is 5.82 Å². The maximum absolute atomic E-state index is 11.9. The van der Waals surface area contributed by atoms with Gasteiger partial charge in [-0.05, 0) is 18.9 Å². The first-order valence-electron chi connectivity index (χ1n) is 6.06. The number of benzene rings is 1. The third-order valence-electron chi connectivity index (χ3n) is 2.85. The van der Waals surface area contributed by atoms with E-state index >= 15 is 0 Å². The normalized spacial score (nSPS) is 10.3. The summed E-state index contributed by atoms with van der Waals surface area (Å²) in [5, 5.41) is 9.57. The summed E-state index contributed by atoms with van der Waals surface area (Å²) in [6.07, 6.45) is 2.96. The Kier molecular flexibility index (Phi) is 3.77. The van der Waals surface area contributed by atoms with Gasteiger partial charge in [-0.2, -0.15) is 5.10 Å². The van der Waals surface area contributed by atoms with Crippen LogP contribution in [0.2, 0.25) is 0 Å². The van der Waals surface area contributed by atoms with Gasteiger partial charge in [0.15, 0.2) is 0 Å². The molecular weight excluding hydrogens is 226 g/mol. The van der Waals surface area contributed by atoms with Gasteiger partial charge in [-0.3, -0.25) is 9.89 Å². The van der Waals surface area contributed by atoms with E-state index in [1.165, 1.54) is 5.56 Å². The van der Waals surface area contributed by atoms with Gasteiger partial charge in [-0.15, -0.1) is 0 Å². The van der Waals surface area contributed by atoms with Crippen molar-refractivity contribution in [1.82, 2.24) is 10.2 Å². The lowest BCUT2D eigenvalue weighted by Gasteiger charge is -2.05. The fraction of sp³-hybridized carbons (Fsp3) is 0.286. The second kappa shape index (κ2) is 5.49. The Balaban J connectivity index is 1.99. The Morgan fingerprint density at radius 3 is 2.72 bits per heavy atom. The summed E-state index contributed by atoms with van der Waals surface area (Å²) >= 11 is 0. The molecule has 94 valence electrons. The first kappa shape index (κ1) is 12.4. The van der Waals surface area contributed by atoms with Gasteiger partial charge in [0, 0.05) is 5.56 Å². The van der Waals surface area contributed by atoms with Crippen LogP contribution in [-0.2, 0) is 17.6 Å². The topological polar surface area (TPSA) is 57.8 Å². The van der Waals surface area contributed by atoms with Crippen LogP contribution in [0.25, 0.3) is 0 Å². The minimum absolute atomic E-state index is 0.0298. The van der Waals surface area contributed by atoms with Crippen molar-refractivity contribution < 1.29 is 4.79 Å². The predicted octanol–water partition coefficient (Wildman–Crippen LogP) is 2.46. The molecule has 0 atom stereocenters. The largest absolute Gasteiger partial charge is 0.311 e. The predicted molar refractivity (Wildman–Crippen MR) is 71.5 cm³/mol. The summed E-state index contributed by atoms with van der Waals surface area (Å²) in [7, 11) is 0. The molecule has 0 bridgehead atoms. The second-order valence-corrected chi connectivity index (χ2v) is 4.33. The Morgan fingerprint density at radius 1 is 1.33 bits per heavy atom. The van der Waals surface area contributed by atoms with E-state index in [0.717, 1.165) is 17.5 Å². The summed E-state index contributed by atoms with van der Waals surface area (Å²) in [5.41, 5.74) is 3.23. The van der Waals surface area contributed by atoms with Crippen molar-refractivity contribution in [2.24, 2.45) is 0 Å². The van der Waals surface area contributed by atoms with Gasteiger partial charge in [0.05, 0.1) is 12.6 Å². The Labute approximate surface area is 106 Å². The highest BCUT2D eigenvalue weighted by molar-refractivity contribution is 5.91. The van der Waals surface area contributed by atoms with E-state index in [1.807, 2.05) is 38.1 Å². The van der Waals surface area contributed by atoms with Crippen molar-refractivity contribution in [3.63, 3.8) is 0 Å². The lowest BCUT2D eigenvalue weighted by Crippen LogP contribution is -2.15. The van der Waals surface area contributed by atoms with Gasteiger partial charge in [0.2, 0.25) is 5.91 Å². The molecule has 0 fully saturated rings. The first-order valence-corrected chi connectivity index (χ1v) is 6.06. The number of amides is 1. The number of H-pyrrole nitrogens is 1. The quantitative estimate of drug-likeness (QED) is 0.866. The number of aryl methyl sites for hydroxylation is 2. The number of nitrogens with zero attached hydrogens (tertiary/aromatic N) is 1. The number of carbonyl (C=O) groups is 1. The standard InChI is InChI=1S/C14H17N3O/c1-3-12-9-15-17-14(12)16-13(18)8-11-6-4-10(2)5-7-11/h4-7,9H,3,8H2,1-2H3,(H2,15,16,17,18). The lowest BCUT2D eigenvalue weighted by atomic mass is 10.1. The molecule has 0 aliphatic heterocycles. The summed E-state index contributed by atoms with van der Waals surface area (Å²) in [6, 6.07) is 7.97. The molecule has 4 heteroatoms. The van der Waals surface area contributed by atoms with Gasteiger partial charge in [0.1, 0.15) is 5.82 Å². The summed E-state index contributed by atoms with van der Waals surface area (Å²) in [5.74, 6) is 0.674. The molecule has 2 N–H and O–H groups in total. The molecule has 0 saturated heterocycles. The molecule has 2 aromatic rings. The number of rotatable bonds is 4. The van der Waals surface area contributed by atoms with Gasteiger partial charge in [0.25, 0.3) is 0 Å². The van der Waals surface area contributed by atoms with E-state index in [4.69, 9.17) is 0 Å². The molecule has 0 unspecified atom stereocenters. The first-order chi connectivity index (χ1) is 8.69. The lowest BCUT2D eigenvalue weighted by molar-refractivity contribution is -0.115. The number of aromatic amines is 1. The van der Waals surface area contributed by atoms with E-state index in [1.54, 1.807) is 6.20 Å². The van der Waals surface area contributed by atoms with Crippen LogP contribution in [-0.4, -0.2) is 16.1 Å². The second-order valence-electron chi connectivity index (χ2n) is 4.33. The smallest absolute Gasteiger partial charge is 0.229 e. The van der Waals surface area contributed by atoms with Crippen LogP contribution >= 0.6 is 0 Å². The molecule has 2 rings (SSSR count). The van der Waals surface area contributed by atoms with E-state index in [9.17, 15) is 4.79 Å². The average Bonchev–Trinajstić information content (AvgIpc) is 2.79. The van der Waals surface area contributed by atoms with Crippen molar-refractivity contribution in [3.8, 4) is 0 Å². The molecule has 0 spiro atoms. The number of aromatic nitrogens is 2. The molecule has 4 nitrogen and oxygen atoms in total. The summed E-state index contributed by atoms with van der Waals surface area (Å²) in [6.45, 7) is 4.06. The van der Waals surface area contributed by atoms with Gasteiger partial charge >= 0.3 is 0 Å². The van der Waals surface area contributed by atoms with Crippen LogP contribution in [0.1, 0.15) is 23.6 Å². The SMILES string of the molecule is CCc1cn[nH]c1NC(=O)Cc1ccc(C)cc1. The van der Waals surface area contributed by atoms with Gasteiger partial charge in [-0.1, -0.05) is 36.8 Å². The maximum Gasteiger partial charge on any atom is 0.229 e. The molecule has 0 radical (unpaired) electrons. The highest BCUT2D eigenvalue weighted by Gasteiger charge is 2.08. The maximum atomic E-state index is 11.9. The highest BCUT2D eigenvalue weighted by Crippen LogP contribution is 2.12. The number of hydrogen-bond acceptors (Lipinski definition) is 2. The zero-order valence-corrected chi connectivity index (χ0v) is 10.7. The zero-order valence-electron chi connectivity index (χ0n) is 10.7. The minimum Gasteiger partial charge on any atom is -0.311 e. The number of nitrogens with one attached hydrogen (secondary N) is 2. The van der Waals surface area contributed by atoms with E-state index in [2.05, 4.69) is 15.5 Å². The fourth-order valence-electron chi connectivity index (χ4n) is 1.76. The van der Waals surface area contributed by atoms with Crippen molar-refractivity contribution in [3.05, 3.63) is 47.2 Å². The summed E-state index contributed by atoms with van der Waals surface area (Å²) in [4.78, 5) is 11.9. The summed E-state index contributed by atoms with van der Waals surface area (Å²) < 4.78 is 0. The Bertz CT molecular complexity index is 528. The Hall–Kier alpha value is -2.10. The molecule has 18 heavy (non-hydrogen) atoms. The number of carbonyl (C=O) groups excluding carboxylic acids is 1. The van der Waals surface area contributed by atoms with Crippen molar-refractivity contribution >= 4 is 11.7 Å². The molecular formula is C14H17N3O. The van der Waals surface area contributed by atoms with Gasteiger partial charge < -0.3 is 5.32 Å². The molecule has 1 amide bonds. The van der Waals surface area contributed by atoms with Crippen LogP contribution in [0.5, 0.6) is 0 Å². The highest BCUT2D eigenvalue weighted by atomic mass is 16.1. The molecule has 1 heterocycles. The minimum atomic E-state index is -0.0298. The third kappa shape index (κ3) is 2.97. The third-order valence-corrected chi connectivity index (χ3v) is 2.85. The van der Waals surface area contributed by atoms with Crippen LogP contribution in [0.15, 0.2) is 30.5 Å². The Morgan fingerprint density at radius 2 is 2.06 bits per heavy atom. The number of hydrogen-bond donors (Lipinski definition) is 2. The van der Waals surface area contributed by atoms with Crippen molar-refractivity contribution in [2.45, 2.75) is 26.7 Å². The van der Waals surface area contributed by atoms with Gasteiger partial charge in [-0.25, -0.2) is 0 Å². The van der Waals surface area contributed by atoms with Crippen LogP contribution in [0, 0.1) is 6.92 Å². The molecule has 0 aliphatic carbocycles. The molecule has 1 aromatic heterocycles. The zero-order chi connectivity index (χ0) is 13.0. The average molecular weight is 243 g/mol. The van der Waals surface area contributed by atoms with E-state index in [0.29, 0.717) is 12.2 Å². The molecule has 1 aromatic carbocycles. The van der Waals surface area contributed by atoms with E-state index < -0.39 is 0 Å². The fourth-order valence-corrected chi connectivity index (χ4v) is 1.76. The van der Waals surface area contributed by atoms with Crippen molar-refractivity contribution in [2.75, 3.05) is 5.32 Å². The molecule has 0 aliphatic rings. The van der Waals surface area contributed by atoms with E-state index in [-0.39, 0.29) is 5.91 Å². The van der Waals surface area contributed by atoms with Crippen LogP contribution in [0.3, 0.4) is 0 Å². The number of anilines is 1.